The Bertz CT molecular complexity index is 2020. The number of rotatable bonds is 8. The number of carbonyl (C=O) groups excluding carboxylic acids is 2. The Morgan fingerprint density at radius 1 is 1.06 bits per heavy atom. The average Bonchev–Trinajstić information content (AvgIpc) is 3.40. The van der Waals surface area contributed by atoms with Crippen LogP contribution in [0.3, 0.4) is 0 Å². The summed E-state index contributed by atoms with van der Waals surface area (Å²) in [7, 11) is 0. The number of aldehydes is 1. The van der Waals surface area contributed by atoms with Gasteiger partial charge in [-0.3, -0.25) is 23.9 Å². The van der Waals surface area contributed by atoms with Gasteiger partial charge in [-0.25, -0.2) is 19.1 Å². The fourth-order valence-corrected chi connectivity index (χ4v) is 5.79. The number of nitrogens with one attached hydrogen (secondary N) is 1. The molecular formula is C35H43N7O6. The third-order valence-corrected chi connectivity index (χ3v) is 7.69. The van der Waals surface area contributed by atoms with Crippen molar-refractivity contribution in [3.63, 3.8) is 0 Å². The second kappa shape index (κ2) is 13.6. The van der Waals surface area contributed by atoms with Gasteiger partial charge in [-0.2, -0.15) is 0 Å². The van der Waals surface area contributed by atoms with Gasteiger partial charge in [-0.1, -0.05) is 30.2 Å². The number of amides is 1. The summed E-state index contributed by atoms with van der Waals surface area (Å²) in [6.07, 6.45) is -0.00475. The fourth-order valence-electron chi connectivity index (χ4n) is 5.79. The van der Waals surface area contributed by atoms with Crippen molar-refractivity contribution in [3.05, 3.63) is 62.8 Å². The van der Waals surface area contributed by atoms with E-state index in [4.69, 9.17) is 19.4 Å². The van der Waals surface area contributed by atoms with Crippen molar-refractivity contribution in [1.82, 2.24) is 29.2 Å². The zero-order valence-corrected chi connectivity index (χ0v) is 28.6. The lowest BCUT2D eigenvalue weighted by Crippen LogP contribution is -2.49. The largest absolute Gasteiger partial charge is 0.444 e. The molecule has 13 heteroatoms. The van der Waals surface area contributed by atoms with Crippen LogP contribution in [0.4, 0.5) is 10.7 Å². The minimum absolute atomic E-state index is 0.0532. The molecule has 1 N–H and O–H groups in total. The molecule has 5 rings (SSSR count). The number of para-hydroxylation sites is 1. The third-order valence-electron chi connectivity index (χ3n) is 7.69. The zero-order valence-electron chi connectivity index (χ0n) is 28.6. The molecule has 1 fully saturated rings. The number of hydrogen-bond donors (Lipinski definition) is 1. The van der Waals surface area contributed by atoms with E-state index in [1.165, 1.54) is 4.68 Å². The number of imidazole rings is 1. The number of hydrogen-bond acceptors (Lipinski definition) is 9. The van der Waals surface area contributed by atoms with Gasteiger partial charge in [-0.15, -0.1) is 5.92 Å². The average molecular weight is 658 g/mol. The summed E-state index contributed by atoms with van der Waals surface area (Å²) in [6, 6.07) is 11.0. The van der Waals surface area contributed by atoms with E-state index in [2.05, 4.69) is 17.2 Å². The number of piperidine rings is 1. The molecule has 0 aliphatic carbocycles. The van der Waals surface area contributed by atoms with Gasteiger partial charge in [0.15, 0.2) is 11.8 Å². The highest BCUT2D eigenvalue weighted by Crippen LogP contribution is 2.24. The number of aromatic nitrogens is 5. The van der Waals surface area contributed by atoms with Crippen LogP contribution in [0, 0.1) is 11.8 Å². The predicted molar refractivity (Wildman–Crippen MR) is 183 cm³/mol. The number of nitrogens with zero attached hydrogens (tertiary/aromatic N) is 6. The highest BCUT2D eigenvalue weighted by molar-refractivity contribution is 5.79. The van der Waals surface area contributed by atoms with E-state index in [1.54, 1.807) is 59.1 Å². The van der Waals surface area contributed by atoms with Crippen molar-refractivity contribution >= 4 is 40.3 Å². The van der Waals surface area contributed by atoms with Crippen molar-refractivity contribution in [3.8, 4) is 11.8 Å². The summed E-state index contributed by atoms with van der Waals surface area (Å²) in [6.45, 7) is 13.3. The van der Waals surface area contributed by atoms with Crippen LogP contribution in [0.1, 0.15) is 73.2 Å². The lowest BCUT2D eigenvalue weighted by Gasteiger charge is -2.34. The number of carbonyl (C=O) groups is 2. The number of fused-ring (bicyclic) bond motifs is 2. The first-order valence-electron chi connectivity index (χ1n) is 16.1. The molecule has 2 atom stereocenters. The molecule has 4 heterocycles. The van der Waals surface area contributed by atoms with Crippen LogP contribution in [0.5, 0.6) is 0 Å². The highest BCUT2D eigenvalue weighted by atomic mass is 16.6. The summed E-state index contributed by atoms with van der Waals surface area (Å²) in [5.41, 5.74) is -1.52. The molecule has 0 spiro atoms. The number of benzene rings is 1. The van der Waals surface area contributed by atoms with Crippen molar-refractivity contribution < 1.29 is 19.1 Å². The van der Waals surface area contributed by atoms with E-state index >= 15 is 0 Å². The third kappa shape index (κ3) is 7.60. The van der Waals surface area contributed by atoms with E-state index in [9.17, 15) is 19.2 Å². The molecule has 2 unspecified atom stereocenters. The zero-order chi connectivity index (χ0) is 34.8. The lowest BCUT2D eigenvalue weighted by molar-refractivity contribution is -0.142. The monoisotopic (exact) mass is 657 g/mol. The number of pyridine rings is 1. The Morgan fingerprint density at radius 2 is 1.81 bits per heavy atom. The van der Waals surface area contributed by atoms with Crippen LogP contribution in [0.25, 0.3) is 21.9 Å². The molecule has 1 saturated heterocycles. The molecule has 13 nitrogen and oxygen atoms in total. The molecule has 3 aromatic heterocycles. The number of ether oxygens (including phenoxy) is 2. The van der Waals surface area contributed by atoms with E-state index in [0.29, 0.717) is 37.4 Å². The minimum Gasteiger partial charge on any atom is -0.444 e. The van der Waals surface area contributed by atoms with Crippen LogP contribution in [-0.2, 0) is 27.4 Å². The van der Waals surface area contributed by atoms with E-state index in [1.807, 2.05) is 35.2 Å². The summed E-state index contributed by atoms with van der Waals surface area (Å²) >= 11 is 0. The first-order chi connectivity index (χ1) is 22.7. The SMILES string of the molecule is CC#CCn1c(N2CCCC(NC(=O)OC(C)(C)C)C2)nc2c(=O)n(C(C=O)OC(C)(C)C)n(Cc3ccc4ccccc4n3)c(=O)c21. The summed E-state index contributed by atoms with van der Waals surface area (Å²) in [4.78, 5) is 65.5. The van der Waals surface area contributed by atoms with E-state index in [-0.39, 0.29) is 30.2 Å². The second-order valence-electron chi connectivity index (χ2n) is 13.8. The molecule has 48 heavy (non-hydrogen) atoms. The Balaban J connectivity index is 1.67. The van der Waals surface area contributed by atoms with Crippen LogP contribution in [0.15, 0.2) is 46.0 Å². The van der Waals surface area contributed by atoms with Gasteiger partial charge in [0.2, 0.25) is 12.2 Å². The van der Waals surface area contributed by atoms with Crippen LogP contribution in [0.2, 0.25) is 0 Å². The quantitative estimate of drug-likeness (QED) is 0.220. The van der Waals surface area contributed by atoms with Gasteiger partial charge >= 0.3 is 6.09 Å². The molecule has 1 aliphatic rings. The van der Waals surface area contributed by atoms with Gasteiger partial charge < -0.3 is 19.7 Å². The smallest absolute Gasteiger partial charge is 0.407 e. The Labute approximate surface area is 278 Å². The van der Waals surface area contributed by atoms with Gasteiger partial charge in [0.25, 0.3) is 11.1 Å². The molecule has 1 aromatic carbocycles. The fraction of sp³-hybridized carbons (Fsp3) is 0.486. The van der Waals surface area contributed by atoms with Crippen molar-refractivity contribution in [2.75, 3.05) is 18.0 Å². The Hall–Kier alpha value is -4.96. The highest BCUT2D eigenvalue weighted by Gasteiger charge is 2.32. The maximum absolute atomic E-state index is 14.6. The topological polar surface area (TPSA) is 143 Å². The lowest BCUT2D eigenvalue weighted by atomic mass is 10.1. The molecule has 0 saturated carbocycles. The molecule has 0 radical (unpaired) electrons. The standard InChI is InChI=1S/C35H43N7O6/c1-8-9-19-40-29-28(38-32(40)39-18-12-14-24(20-39)37-33(46)48-35(5,6)7)30(44)42(27(22-43)47-34(2,3)4)41(31(29)45)21-25-17-16-23-13-10-11-15-26(23)36-25/h10-11,13,15-17,22,24,27H,12,14,18-21H2,1-7H3,(H,37,46). The van der Waals surface area contributed by atoms with Crippen molar-refractivity contribution in [1.29, 1.82) is 0 Å². The molecule has 1 aliphatic heterocycles. The number of anilines is 1. The summed E-state index contributed by atoms with van der Waals surface area (Å²) in [5.74, 6) is 6.25. The first-order valence-corrected chi connectivity index (χ1v) is 16.1. The normalized spacial score (nSPS) is 16.0. The summed E-state index contributed by atoms with van der Waals surface area (Å²) < 4.78 is 15.4. The summed E-state index contributed by atoms with van der Waals surface area (Å²) in [5, 5.41) is 3.86. The Morgan fingerprint density at radius 3 is 2.50 bits per heavy atom. The van der Waals surface area contributed by atoms with Gasteiger partial charge in [0.1, 0.15) is 11.1 Å². The van der Waals surface area contributed by atoms with Crippen molar-refractivity contribution in [2.24, 2.45) is 0 Å². The first kappa shape index (κ1) is 34.4. The molecule has 254 valence electrons. The van der Waals surface area contributed by atoms with Crippen LogP contribution >= 0.6 is 0 Å². The minimum atomic E-state index is -1.42. The van der Waals surface area contributed by atoms with Crippen LogP contribution in [-0.4, -0.2) is 66.6 Å². The number of alkyl carbamates (subject to hydrolysis) is 1. The molecular weight excluding hydrogens is 614 g/mol. The maximum atomic E-state index is 14.6. The molecule has 1 amide bonds. The maximum Gasteiger partial charge on any atom is 0.407 e. The second-order valence-corrected chi connectivity index (χ2v) is 13.8. The molecule has 0 bridgehead atoms. The van der Waals surface area contributed by atoms with Gasteiger partial charge in [0.05, 0.1) is 29.9 Å². The molecule has 4 aromatic rings. The van der Waals surface area contributed by atoms with Crippen LogP contribution < -0.4 is 21.3 Å². The predicted octanol–water partition coefficient (Wildman–Crippen LogP) is 3.99. The Kier molecular flexibility index (Phi) is 9.77. The van der Waals surface area contributed by atoms with Crippen molar-refractivity contribution in [2.45, 2.75) is 97.9 Å². The van der Waals surface area contributed by atoms with Gasteiger partial charge in [0, 0.05) is 24.5 Å². The van der Waals surface area contributed by atoms with E-state index < -0.39 is 34.6 Å². The van der Waals surface area contributed by atoms with E-state index in [0.717, 1.165) is 22.0 Å². The van der Waals surface area contributed by atoms with Gasteiger partial charge in [-0.05, 0) is 73.4 Å².